The van der Waals surface area contributed by atoms with Crippen LogP contribution in [-0.2, 0) is 0 Å². The third kappa shape index (κ3) is 1.28. The molecule has 1 atom stereocenters. The summed E-state index contributed by atoms with van der Waals surface area (Å²) in [5.41, 5.74) is 1.61. The van der Waals surface area contributed by atoms with Gasteiger partial charge in [-0.15, -0.1) is 0 Å². The van der Waals surface area contributed by atoms with Crippen LogP contribution in [0.25, 0.3) is 0 Å². The summed E-state index contributed by atoms with van der Waals surface area (Å²) in [5.74, 6) is 0. The molecule has 0 aromatic rings. The molecule has 0 amide bonds. The quantitative estimate of drug-likeness (QED) is 0.465. The van der Waals surface area contributed by atoms with Crippen LogP contribution in [0.3, 0.4) is 0 Å². The van der Waals surface area contributed by atoms with E-state index in [1.165, 1.54) is 6.08 Å². The van der Waals surface area contributed by atoms with E-state index in [1.54, 1.807) is 12.2 Å². The van der Waals surface area contributed by atoms with E-state index in [-0.39, 0.29) is 0 Å². The van der Waals surface area contributed by atoms with Crippen molar-refractivity contribution in [3.05, 3.63) is 36.0 Å². The molecule has 0 heterocycles. The minimum Gasteiger partial charge on any atom is -0.238 e. The molecule has 0 aromatic heterocycles. The summed E-state index contributed by atoms with van der Waals surface area (Å²) in [6.07, 6.45) is 4.07. The highest BCUT2D eigenvalue weighted by Gasteiger charge is 2.07. The molecule has 1 heteroatoms. The molecule has 0 fully saturated rings. The molecule has 0 N–H and O–H groups in total. The maximum Gasteiger partial charge on any atom is 0.143 e. The molecule has 0 nitrogen and oxygen atoms in total. The summed E-state index contributed by atoms with van der Waals surface area (Å²) in [4.78, 5) is 0. The topological polar surface area (TPSA) is 0 Å². The monoisotopic (exact) mass is 124 g/mol. The van der Waals surface area contributed by atoms with Crippen LogP contribution in [0.2, 0.25) is 0 Å². The zero-order chi connectivity index (χ0) is 6.85. The number of hydrogen-bond donors (Lipinski definition) is 0. The Hall–Kier alpha value is -0.850. The van der Waals surface area contributed by atoms with Gasteiger partial charge < -0.3 is 0 Å². The van der Waals surface area contributed by atoms with Crippen LogP contribution >= 0.6 is 0 Å². The predicted octanol–water partition coefficient (Wildman–Crippen LogP) is 2.40. The van der Waals surface area contributed by atoms with Crippen LogP contribution in [0.5, 0.6) is 0 Å². The molecule has 9 heavy (non-hydrogen) atoms. The zero-order valence-corrected chi connectivity index (χ0v) is 5.39. The molecule has 0 saturated heterocycles. The van der Waals surface area contributed by atoms with Gasteiger partial charge in [-0.1, -0.05) is 24.3 Å². The number of allylic oxidation sites excluding steroid dienone is 5. The van der Waals surface area contributed by atoms with Gasteiger partial charge in [0.15, 0.2) is 0 Å². The van der Waals surface area contributed by atoms with Crippen molar-refractivity contribution >= 4 is 0 Å². The predicted molar refractivity (Wildman–Crippen MR) is 36.9 cm³/mol. The van der Waals surface area contributed by atoms with Crippen molar-refractivity contribution in [3.8, 4) is 0 Å². The van der Waals surface area contributed by atoms with E-state index in [1.807, 2.05) is 6.92 Å². The molecule has 0 aromatic carbocycles. The smallest absolute Gasteiger partial charge is 0.143 e. The van der Waals surface area contributed by atoms with E-state index >= 15 is 0 Å². The van der Waals surface area contributed by atoms with Gasteiger partial charge in [-0.2, -0.15) is 0 Å². The first-order chi connectivity index (χ1) is 4.20. The highest BCUT2D eigenvalue weighted by atomic mass is 19.1. The summed E-state index contributed by atoms with van der Waals surface area (Å²) >= 11 is 0. The lowest BCUT2D eigenvalue weighted by atomic mass is 10.0. The average molecular weight is 124 g/mol. The molecule has 0 aliphatic heterocycles. The normalized spacial score (nSPS) is 26.2. The van der Waals surface area contributed by atoms with E-state index in [0.717, 1.165) is 5.57 Å². The van der Waals surface area contributed by atoms with E-state index in [2.05, 4.69) is 6.58 Å². The van der Waals surface area contributed by atoms with Crippen molar-refractivity contribution in [1.82, 2.24) is 0 Å². The largest absolute Gasteiger partial charge is 0.238 e. The standard InChI is InChI=1S/C8H9F/c1-6-3-4-8(9)7(2)5-6/h3-5,8H,2H2,1H3. The fourth-order valence-electron chi connectivity index (χ4n) is 0.780. The van der Waals surface area contributed by atoms with Gasteiger partial charge in [0.1, 0.15) is 6.17 Å². The van der Waals surface area contributed by atoms with Crippen molar-refractivity contribution in [2.24, 2.45) is 0 Å². The molecule has 1 unspecified atom stereocenters. The Balaban J connectivity index is 2.82. The van der Waals surface area contributed by atoms with Crippen LogP contribution in [0.1, 0.15) is 6.92 Å². The van der Waals surface area contributed by atoms with Crippen LogP contribution in [0, 0.1) is 0 Å². The van der Waals surface area contributed by atoms with Crippen molar-refractivity contribution in [2.75, 3.05) is 0 Å². The van der Waals surface area contributed by atoms with Gasteiger partial charge in [-0.05, 0) is 18.6 Å². The molecule has 0 spiro atoms. The Morgan fingerprint density at radius 2 is 2.33 bits per heavy atom. The van der Waals surface area contributed by atoms with Crippen LogP contribution in [0.15, 0.2) is 36.0 Å². The number of hydrogen-bond acceptors (Lipinski definition) is 0. The molecule has 1 aliphatic carbocycles. The summed E-state index contributed by atoms with van der Waals surface area (Å²) in [7, 11) is 0. The minimum absolute atomic E-state index is 0.551. The van der Waals surface area contributed by atoms with Crippen molar-refractivity contribution in [3.63, 3.8) is 0 Å². The van der Waals surface area contributed by atoms with Crippen molar-refractivity contribution in [2.45, 2.75) is 13.1 Å². The maximum absolute atomic E-state index is 12.5. The summed E-state index contributed by atoms with van der Waals surface area (Å²) in [5, 5.41) is 0. The van der Waals surface area contributed by atoms with Gasteiger partial charge in [0, 0.05) is 0 Å². The van der Waals surface area contributed by atoms with Gasteiger partial charge in [0.05, 0.1) is 0 Å². The highest BCUT2D eigenvalue weighted by molar-refractivity contribution is 5.37. The Bertz CT molecular complexity index is 187. The molecule has 48 valence electrons. The Morgan fingerprint density at radius 1 is 1.67 bits per heavy atom. The summed E-state index contributed by atoms with van der Waals surface area (Å²) in [6, 6.07) is 0. The lowest BCUT2D eigenvalue weighted by Gasteiger charge is -2.07. The second kappa shape index (κ2) is 2.18. The van der Waals surface area contributed by atoms with Gasteiger partial charge >= 0.3 is 0 Å². The Labute approximate surface area is 54.4 Å². The minimum atomic E-state index is -0.964. The van der Waals surface area contributed by atoms with Gasteiger partial charge in [0.2, 0.25) is 0 Å². The van der Waals surface area contributed by atoms with Crippen LogP contribution in [0.4, 0.5) is 4.39 Å². The third-order valence-corrected chi connectivity index (χ3v) is 1.30. The van der Waals surface area contributed by atoms with E-state index in [4.69, 9.17) is 0 Å². The van der Waals surface area contributed by atoms with E-state index in [9.17, 15) is 4.39 Å². The zero-order valence-electron chi connectivity index (χ0n) is 5.39. The number of alkyl halides is 1. The molecule has 0 radical (unpaired) electrons. The van der Waals surface area contributed by atoms with Crippen molar-refractivity contribution in [1.29, 1.82) is 0 Å². The Morgan fingerprint density at radius 3 is 2.78 bits per heavy atom. The second-order valence-electron chi connectivity index (χ2n) is 2.22. The first-order valence-electron chi connectivity index (χ1n) is 2.89. The van der Waals surface area contributed by atoms with Gasteiger partial charge in [0.25, 0.3) is 0 Å². The highest BCUT2D eigenvalue weighted by Crippen LogP contribution is 2.16. The van der Waals surface area contributed by atoms with Crippen LogP contribution < -0.4 is 0 Å². The molecule has 1 rings (SSSR count). The van der Waals surface area contributed by atoms with Crippen LogP contribution in [-0.4, -0.2) is 6.17 Å². The maximum atomic E-state index is 12.5. The number of rotatable bonds is 0. The molecular formula is C8H9F. The average Bonchev–Trinajstić information content (AvgIpc) is 1.80. The molecule has 1 aliphatic rings. The molecule has 0 saturated carbocycles. The second-order valence-corrected chi connectivity index (χ2v) is 2.22. The van der Waals surface area contributed by atoms with Crippen molar-refractivity contribution < 1.29 is 4.39 Å². The summed E-state index contributed by atoms with van der Waals surface area (Å²) < 4.78 is 12.5. The lowest BCUT2D eigenvalue weighted by molar-refractivity contribution is 0.454. The SMILES string of the molecule is C=C1C=C(C)C=CC1F. The fourth-order valence-corrected chi connectivity index (χ4v) is 0.780. The van der Waals surface area contributed by atoms with E-state index in [0.29, 0.717) is 5.57 Å². The third-order valence-electron chi connectivity index (χ3n) is 1.30. The first-order valence-corrected chi connectivity index (χ1v) is 2.89. The fraction of sp³-hybridized carbons (Fsp3) is 0.250. The molecular weight excluding hydrogens is 115 g/mol. The molecule has 0 bridgehead atoms. The number of halogens is 1. The first kappa shape index (κ1) is 6.27. The summed E-state index contributed by atoms with van der Waals surface area (Å²) in [6.45, 7) is 5.47. The van der Waals surface area contributed by atoms with Gasteiger partial charge in [-0.25, -0.2) is 4.39 Å². The lowest BCUT2D eigenvalue weighted by Crippen LogP contribution is -2.00. The van der Waals surface area contributed by atoms with E-state index < -0.39 is 6.17 Å². The van der Waals surface area contributed by atoms with Gasteiger partial charge in [-0.3, -0.25) is 0 Å². The Kier molecular flexibility index (Phi) is 1.52.